The fourth-order valence-electron chi connectivity index (χ4n) is 2.45. The number of aromatic nitrogens is 1. The van der Waals surface area contributed by atoms with Crippen LogP contribution in [0.1, 0.15) is 16.1 Å². The summed E-state index contributed by atoms with van der Waals surface area (Å²) in [5.74, 6) is 0.195. The molecule has 0 amide bonds. The van der Waals surface area contributed by atoms with E-state index in [-0.39, 0.29) is 23.6 Å². The third kappa shape index (κ3) is 4.26. The molecule has 2 aromatic carbocycles. The van der Waals surface area contributed by atoms with Gasteiger partial charge in [0.05, 0.1) is 24.8 Å². The summed E-state index contributed by atoms with van der Waals surface area (Å²) in [7, 11) is 2.97. The van der Waals surface area contributed by atoms with E-state index in [0.29, 0.717) is 5.69 Å². The first-order valence-electron chi connectivity index (χ1n) is 8.10. The van der Waals surface area contributed by atoms with Crippen molar-refractivity contribution >= 4 is 23.0 Å². The molecule has 0 spiro atoms. The number of thiazole rings is 1. The number of methoxy groups -OCH3 is 2. The van der Waals surface area contributed by atoms with E-state index in [4.69, 9.17) is 14.2 Å². The number of nitro groups is 1. The van der Waals surface area contributed by atoms with Crippen LogP contribution in [0.25, 0.3) is 10.6 Å². The van der Waals surface area contributed by atoms with Crippen molar-refractivity contribution in [2.24, 2.45) is 0 Å². The molecule has 0 atom stereocenters. The molecule has 1 aromatic heterocycles. The van der Waals surface area contributed by atoms with Gasteiger partial charge in [0, 0.05) is 23.1 Å². The molecule has 0 N–H and O–H groups in total. The molecule has 0 unspecified atom stereocenters. The van der Waals surface area contributed by atoms with Crippen LogP contribution >= 0.6 is 11.3 Å². The summed E-state index contributed by atoms with van der Waals surface area (Å²) in [5, 5.41) is 13.5. The number of carbonyl (C=O) groups is 1. The molecule has 28 heavy (non-hydrogen) atoms. The van der Waals surface area contributed by atoms with Crippen molar-refractivity contribution in [1.82, 2.24) is 4.98 Å². The number of non-ortho nitro benzene ring substituents is 1. The highest BCUT2D eigenvalue weighted by molar-refractivity contribution is 7.13. The van der Waals surface area contributed by atoms with Crippen LogP contribution in [-0.2, 0) is 11.3 Å². The molecule has 3 aromatic rings. The van der Waals surface area contributed by atoms with Crippen molar-refractivity contribution in [2.45, 2.75) is 6.61 Å². The Morgan fingerprint density at radius 1 is 1.18 bits per heavy atom. The lowest BCUT2D eigenvalue weighted by atomic mass is 10.2. The molecule has 0 aliphatic carbocycles. The predicted octanol–water partition coefficient (Wildman–Crippen LogP) is 4.09. The number of carbonyl (C=O) groups excluding carboxylic acids is 1. The monoisotopic (exact) mass is 400 g/mol. The minimum atomic E-state index is -0.725. The second-order valence-electron chi connectivity index (χ2n) is 5.59. The van der Waals surface area contributed by atoms with E-state index in [0.717, 1.165) is 22.4 Å². The Bertz CT molecular complexity index is 1020. The van der Waals surface area contributed by atoms with Gasteiger partial charge in [-0.25, -0.2) is 9.78 Å². The van der Waals surface area contributed by atoms with Crippen molar-refractivity contribution in [1.29, 1.82) is 0 Å². The quantitative estimate of drug-likeness (QED) is 0.334. The van der Waals surface area contributed by atoms with Gasteiger partial charge >= 0.3 is 5.97 Å². The van der Waals surface area contributed by atoms with Crippen LogP contribution in [0.2, 0.25) is 0 Å². The number of rotatable bonds is 7. The standard InChI is InChI=1S/C19H16N2O6S/c1-25-15-5-3-4-12(8-15)18-20-13(11-28-18)10-27-19(22)16-9-14(21(23)24)6-7-17(16)26-2/h3-9,11H,10H2,1-2H3. The van der Waals surface area contributed by atoms with Crippen LogP contribution in [0.3, 0.4) is 0 Å². The smallest absolute Gasteiger partial charge is 0.342 e. The molecular weight excluding hydrogens is 384 g/mol. The molecule has 8 nitrogen and oxygen atoms in total. The van der Waals surface area contributed by atoms with Gasteiger partial charge in [-0.1, -0.05) is 12.1 Å². The Morgan fingerprint density at radius 2 is 2.00 bits per heavy atom. The number of esters is 1. The minimum absolute atomic E-state index is 0.0139. The number of nitro benzene ring substituents is 1. The molecule has 0 saturated carbocycles. The molecule has 9 heteroatoms. The van der Waals surface area contributed by atoms with E-state index in [1.54, 1.807) is 12.5 Å². The van der Waals surface area contributed by atoms with Gasteiger partial charge in [-0.3, -0.25) is 10.1 Å². The van der Waals surface area contributed by atoms with E-state index in [1.165, 1.54) is 30.6 Å². The van der Waals surface area contributed by atoms with Crippen LogP contribution in [0, 0.1) is 10.1 Å². The van der Waals surface area contributed by atoms with Gasteiger partial charge in [-0.2, -0.15) is 0 Å². The van der Waals surface area contributed by atoms with Crippen molar-refractivity contribution in [3.63, 3.8) is 0 Å². The maximum atomic E-state index is 12.4. The average molecular weight is 400 g/mol. The lowest BCUT2D eigenvalue weighted by molar-refractivity contribution is -0.384. The number of benzene rings is 2. The molecule has 0 bridgehead atoms. The fourth-order valence-corrected chi connectivity index (χ4v) is 3.25. The average Bonchev–Trinajstić information content (AvgIpc) is 3.20. The second kappa shape index (κ2) is 8.49. The van der Waals surface area contributed by atoms with Crippen molar-refractivity contribution in [3.8, 4) is 22.1 Å². The van der Waals surface area contributed by atoms with Crippen LogP contribution < -0.4 is 9.47 Å². The molecular formula is C19H16N2O6S. The molecule has 0 fully saturated rings. The van der Waals surface area contributed by atoms with Gasteiger partial charge < -0.3 is 14.2 Å². The number of hydrogen-bond donors (Lipinski definition) is 0. The minimum Gasteiger partial charge on any atom is -0.497 e. The van der Waals surface area contributed by atoms with E-state index in [2.05, 4.69) is 4.98 Å². The highest BCUT2D eigenvalue weighted by Crippen LogP contribution is 2.28. The zero-order valence-electron chi connectivity index (χ0n) is 15.1. The second-order valence-corrected chi connectivity index (χ2v) is 6.45. The normalized spacial score (nSPS) is 10.4. The zero-order chi connectivity index (χ0) is 20.1. The number of hydrogen-bond acceptors (Lipinski definition) is 8. The lowest BCUT2D eigenvalue weighted by Gasteiger charge is -2.08. The van der Waals surface area contributed by atoms with Crippen LogP contribution in [-0.4, -0.2) is 30.1 Å². The van der Waals surface area contributed by atoms with Gasteiger partial charge in [0.15, 0.2) is 0 Å². The summed E-state index contributed by atoms with van der Waals surface area (Å²) in [6, 6.07) is 11.2. The highest BCUT2D eigenvalue weighted by Gasteiger charge is 2.19. The van der Waals surface area contributed by atoms with Gasteiger partial charge in [-0.15, -0.1) is 11.3 Å². The van der Waals surface area contributed by atoms with Gasteiger partial charge in [0.2, 0.25) is 0 Å². The first kappa shape index (κ1) is 19.3. The van der Waals surface area contributed by atoms with E-state index in [9.17, 15) is 14.9 Å². The Morgan fingerprint density at radius 3 is 2.71 bits per heavy atom. The predicted molar refractivity (Wildman–Crippen MR) is 103 cm³/mol. The number of ether oxygens (including phenoxy) is 3. The van der Waals surface area contributed by atoms with Gasteiger partial charge in [0.1, 0.15) is 28.7 Å². The number of nitrogens with zero attached hydrogens (tertiary/aromatic N) is 2. The largest absolute Gasteiger partial charge is 0.497 e. The van der Waals surface area contributed by atoms with Gasteiger partial charge in [0.25, 0.3) is 5.69 Å². The van der Waals surface area contributed by atoms with Crippen LogP contribution in [0.5, 0.6) is 11.5 Å². The first-order valence-corrected chi connectivity index (χ1v) is 8.98. The third-order valence-electron chi connectivity index (χ3n) is 3.83. The third-order valence-corrected chi connectivity index (χ3v) is 4.77. The zero-order valence-corrected chi connectivity index (χ0v) is 15.9. The highest BCUT2D eigenvalue weighted by atomic mass is 32.1. The maximum absolute atomic E-state index is 12.4. The molecule has 0 saturated heterocycles. The Hall–Kier alpha value is -3.46. The SMILES string of the molecule is COc1cccc(-c2nc(COC(=O)c3cc([N+](=O)[O-])ccc3OC)cs2)c1. The molecule has 144 valence electrons. The van der Waals surface area contributed by atoms with E-state index in [1.807, 2.05) is 24.3 Å². The Labute approximate surface area is 164 Å². The fraction of sp³-hybridized carbons (Fsp3) is 0.158. The van der Waals surface area contributed by atoms with Crippen LogP contribution in [0.15, 0.2) is 47.8 Å². The van der Waals surface area contributed by atoms with Crippen molar-refractivity contribution < 1.29 is 23.9 Å². The van der Waals surface area contributed by atoms with Crippen molar-refractivity contribution in [2.75, 3.05) is 14.2 Å². The first-order chi connectivity index (χ1) is 13.5. The summed E-state index contributed by atoms with van der Waals surface area (Å²) in [4.78, 5) is 27.2. The summed E-state index contributed by atoms with van der Waals surface area (Å²) in [6.07, 6.45) is 0. The molecule has 0 aliphatic heterocycles. The molecule has 0 radical (unpaired) electrons. The van der Waals surface area contributed by atoms with E-state index >= 15 is 0 Å². The maximum Gasteiger partial charge on any atom is 0.342 e. The van der Waals surface area contributed by atoms with Gasteiger partial charge in [-0.05, 0) is 18.2 Å². The van der Waals surface area contributed by atoms with Crippen molar-refractivity contribution in [3.05, 3.63) is 69.2 Å². The van der Waals surface area contributed by atoms with Crippen LogP contribution in [0.4, 0.5) is 5.69 Å². The Balaban J connectivity index is 1.73. The summed E-state index contributed by atoms with van der Waals surface area (Å²) < 4.78 is 15.6. The Kier molecular flexibility index (Phi) is 5.85. The summed E-state index contributed by atoms with van der Waals surface area (Å²) in [6.45, 7) is -0.0643. The molecule has 0 aliphatic rings. The molecule has 3 rings (SSSR count). The topological polar surface area (TPSA) is 101 Å². The van der Waals surface area contributed by atoms with E-state index < -0.39 is 10.9 Å². The lowest BCUT2D eigenvalue weighted by Crippen LogP contribution is -2.08. The summed E-state index contributed by atoms with van der Waals surface area (Å²) in [5.41, 5.74) is 1.23. The summed E-state index contributed by atoms with van der Waals surface area (Å²) >= 11 is 1.41. The molecule has 1 heterocycles.